The number of hydrogen-bond donors (Lipinski definition) is 3. The number of benzene rings is 1. The Bertz CT molecular complexity index is 1020. The van der Waals surface area contributed by atoms with E-state index < -0.39 is 5.91 Å². The van der Waals surface area contributed by atoms with Gasteiger partial charge in [0, 0.05) is 5.56 Å². The fourth-order valence-electron chi connectivity index (χ4n) is 2.48. The Labute approximate surface area is 158 Å². The maximum atomic E-state index is 12.5. The van der Waals surface area contributed by atoms with Gasteiger partial charge in [-0.05, 0) is 28.4 Å². The van der Waals surface area contributed by atoms with Crippen LogP contribution in [0.1, 0.15) is 41.5 Å². The number of carbonyl (C=O) groups is 1. The summed E-state index contributed by atoms with van der Waals surface area (Å²) < 4.78 is 10.9. The minimum absolute atomic E-state index is 0.0188. The topological polar surface area (TPSA) is 167 Å². The van der Waals surface area contributed by atoms with Crippen molar-refractivity contribution in [2.45, 2.75) is 19.8 Å². The maximum absolute atomic E-state index is 12.5. The Balaban J connectivity index is 1.84. The van der Waals surface area contributed by atoms with Crippen molar-refractivity contribution in [1.82, 2.24) is 30.7 Å². The number of anilines is 1. The number of ether oxygens (including phenoxy) is 1. The average Bonchev–Trinajstić information content (AvgIpc) is 3.28. The largest absolute Gasteiger partial charge is 0.504 e. The summed E-state index contributed by atoms with van der Waals surface area (Å²) in [7, 11) is 1.44. The monoisotopic (exact) mass is 386 g/mol. The van der Waals surface area contributed by atoms with Gasteiger partial charge in [0.2, 0.25) is 11.6 Å². The first-order valence-corrected chi connectivity index (χ1v) is 8.17. The van der Waals surface area contributed by atoms with E-state index in [4.69, 9.17) is 10.5 Å². The standard InChI is InChI=1S/C16H18N8O4/c1-8(2)12-11(19-23-24(12)15-14(17)21-28-22-15)16(26)20-18-7-9-5-4-6-10(27-3)13(9)25/h4-8,25H,1-3H3,(H2,17,21)(H,20,26)/b18-7+. The molecule has 0 atom stereocenters. The molecule has 0 saturated heterocycles. The van der Waals surface area contributed by atoms with Gasteiger partial charge in [-0.3, -0.25) is 4.79 Å². The molecule has 1 amide bonds. The second-order valence-corrected chi connectivity index (χ2v) is 5.96. The number of rotatable bonds is 6. The molecular formula is C16H18N8O4. The number of nitrogens with two attached hydrogens (primary N) is 1. The summed E-state index contributed by atoms with van der Waals surface area (Å²) in [5.74, 6) is -0.378. The van der Waals surface area contributed by atoms with Crippen molar-refractivity contribution in [2.75, 3.05) is 12.8 Å². The number of aromatic nitrogens is 5. The normalized spacial score (nSPS) is 11.3. The van der Waals surface area contributed by atoms with E-state index in [1.165, 1.54) is 18.0 Å². The third kappa shape index (κ3) is 3.47. The molecule has 2 aromatic heterocycles. The van der Waals surface area contributed by atoms with Crippen LogP contribution in [-0.4, -0.2) is 49.6 Å². The number of methoxy groups -OCH3 is 1. The molecule has 0 radical (unpaired) electrons. The lowest BCUT2D eigenvalue weighted by Gasteiger charge is -2.08. The smallest absolute Gasteiger partial charge is 0.293 e. The molecule has 3 rings (SSSR count). The van der Waals surface area contributed by atoms with E-state index in [1.54, 1.807) is 18.2 Å². The lowest BCUT2D eigenvalue weighted by molar-refractivity contribution is 0.0948. The molecule has 0 aliphatic heterocycles. The predicted octanol–water partition coefficient (Wildman–Crippen LogP) is 0.834. The van der Waals surface area contributed by atoms with Crippen LogP contribution in [0.3, 0.4) is 0 Å². The van der Waals surface area contributed by atoms with Gasteiger partial charge in [0.25, 0.3) is 5.91 Å². The number of nitrogen functional groups attached to an aromatic ring is 1. The van der Waals surface area contributed by atoms with Crippen molar-refractivity contribution < 1.29 is 19.3 Å². The predicted molar refractivity (Wildman–Crippen MR) is 97.4 cm³/mol. The number of aromatic hydroxyl groups is 1. The molecule has 12 nitrogen and oxygen atoms in total. The van der Waals surface area contributed by atoms with Crippen LogP contribution < -0.4 is 15.9 Å². The Kier molecular flexibility index (Phi) is 5.20. The molecule has 2 heterocycles. The van der Waals surface area contributed by atoms with Crippen molar-refractivity contribution in [3.8, 4) is 17.3 Å². The van der Waals surface area contributed by atoms with Crippen molar-refractivity contribution in [1.29, 1.82) is 0 Å². The van der Waals surface area contributed by atoms with Gasteiger partial charge < -0.3 is 15.6 Å². The molecule has 0 fully saturated rings. The lowest BCUT2D eigenvalue weighted by Crippen LogP contribution is -2.21. The van der Waals surface area contributed by atoms with Gasteiger partial charge in [0.05, 0.1) is 19.0 Å². The molecule has 0 spiro atoms. The molecule has 0 aliphatic carbocycles. The molecule has 3 aromatic rings. The summed E-state index contributed by atoms with van der Waals surface area (Å²) in [6.45, 7) is 3.71. The summed E-state index contributed by atoms with van der Waals surface area (Å²) in [5, 5.41) is 28.9. The third-order valence-corrected chi connectivity index (χ3v) is 3.78. The third-order valence-electron chi connectivity index (χ3n) is 3.78. The van der Waals surface area contributed by atoms with Crippen molar-refractivity contribution in [3.05, 3.63) is 35.2 Å². The van der Waals surface area contributed by atoms with Gasteiger partial charge in [-0.2, -0.15) is 9.78 Å². The molecule has 0 bridgehead atoms. The highest BCUT2D eigenvalue weighted by molar-refractivity contribution is 5.94. The molecule has 0 aliphatic rings. The van der Waals surface area contributed by atoms with E-state index in [0.717, 1.165) is 0 Å². The van der Waals surface area contributed by atoms with E-state index in [2.05, 4.69) is 35.8 Å². The number of amides is 1. The van der Waals surface area contributed by atoms with Crippen molar-refractivity contribution in [3.63, 3.8) is 0 Å². The summed E-state index contributed by atoms with van der Waals surface area (Å²) in [4.78, 5) is 12.5. The summed E-state index contributed by atoms with van der Waals surface area (Å²) in [5.41, 5.74) is 8.92. The highest BCUT2D eigenvalue weighted by Gasteiger charge is 2.25. The van der Waals surface area contributed by atoms with Crippen LogP contribution in [0.25, 0.3) is 5.82 Å². The van der Waals surface area contributed by atoms with Crippen molar-refractivity contribution in [2.24, 2.45) is 5.10 Å². The first-order chi connectivity index (χ1) is 13.4. The second-order valence-electron chi connectivity index (χ2n) is 5.96. The maximum Gasteiger partial charge on any atom is 0.293 e. The van der Waals surface area contributed by atoms with Crippen LogP contribution in [0.5, 0.6) is 11.5 Å². The van der Waals surface area contributed by atoms with Gasteiger partial charge in [0.1, 0.15) is 0 Å². The first-order valence-electron chi connectivity index (χ1n) is 8.17. The van der Waals surface area contributed by atoms with E-state index in [1.807, 2.05) is 13.8 Å². The number of hydrazone groups is 1. The minimum atomic E-state index is -0.594. The number of carbonyl (C=O) groups excluding carboxylic acids is 1. The number of para-hydroxylation sites is 1. The number of nitrogens with zero attached hydrogens (tertiary/aromatic N) is 6. The first kappa shape index (κ1) is 18.8. The molecular weight excluding hydrogens is 368 g/mol. The Morgan fingerprint density at radius 2 is 2.21 bits per heavy atom. The number of hydrogen-bond acceptors (Lipinski definition) is 10. The second kappa shape index (κ2) is 7.73. The van der Waals surface area contributed by atoms with Gasteiger partial charge in [-0.15, -0.1) is 5.10 Å². The van der Waals surface area contributed by atoms with Crippen LogP contribution in [0.15, 0.2) is 27.9 Å². The van der Waals surface area contributed by atoms with Gasteiger partial charge in [-0.1, -0.05) is 25.1 Å². The molecule has 4 N–H and O–H groups in total. The number of phenolic OH excluding ortho intramolecular Hbond substituents is 1. The fourth-order valence-corrected chi connectivity index (χ4v) is 2.48. The van der Waals surface area contributed by atoms with E-state index in [0.29, 0.717) is 17.0 Å². The van der Waals surface area contributed by atoms with E-state index >= 15 is 0 Å². The number of phenols is 1. The SMILES string of the molecule is COc1cccc(/C=N/NC(=O)c2nnn(-c3nonc3N)c2C(C)C)c1O. The van der Waals surface area contributed by atoms with Crippen LogP contribution in [0.4, 0.5) is 5.82 Å². The zero-order chi connectivity index (χ0) is 20.3. The highest BCUT2D eigenvalue weighted by atomic mass is 16.6. The lowest BCUT2D eigenvalue weighted by atomic mass is 10.1. The van der Waals surface area contributed by atoms with Gasteiger partial charge in [0.15, 0.2) is 17.2 Å². The Morgan fingerprint density at radius 3 is 2.86 bits per heavy atom. The van der Waals surface area contributed by atoms with Crippen LogP contribution in [0, 0.1) is 0 Å². The van der Waals surface area contributed by atoms with Crippen LogP contribution in [-0.2, 0) is 0 Å². The number of nitrogens with one attached hydrogen (secondary N) is 1. The minimum Gasteiger partial charge on any atom is -0.504 e. The Hall–Kier alpha value is -3.96. The van der Waals surface area contributed by atoms with Crippen LogP contribution in [0.2, 0.25) is 0 Å². The summed E-state index contributed by atoms with van der Waals surface area (Å²) >= 11 is 0. The molecule has 0 unspecified atom stereocenters. The average molecular weight is 386 g/mol. The molecule has 146 valence electrons. The highest BCUT2D eigenvalue weighted by Crippen LogP contribution is 2.28. The summed E-state index contributed by atoms with van der Waals surface area (Å²) in [6.07, 6.45) is 1.29. The quantitative estimate of drug-likeness (QED) is 0.410. The fraction of sp³-hybridized carbons (Fsp3) is 0.250. The van der Waals surface area contributed by atoms with Crippen molar-refractivity contribution >= 4 is 17.9 Å². The van der Waals surface area contributed by atoms with Gasteiger partial charge >= 0.3 is 0 Å². The van der Waals surface area contributed by atoms with E-state index in [9.17, 15) is 9.90 Å². The van der Waals surface area contributed by atoms with E-state index in [-0.39, 0.29) is 29.0 Å². The zero-order valence-corrected chi connectivity index (χ0v) is 15.3. The molecule has 0 saturated carbocycles. The molecule has 1 aromatic carbocycles. The zero-order valence-electron chi connectivity index (χ0n) is 15.3. The Morgan fingerprint density at radius 1 is 1.43 bits per heavy atom. The molecule has 12 heteroatoms. The summed E-state index contributed by atoms with van der Waals surface area (Å²) in [6, 6.07) is 4.90. The molecule has 28 heavy (non-hydrogen) atoms. The van der Waals surface area contributed by atoms with Crippen LogP contribution >= 0.6 is 0 Å². The van der Waals surface area contributed by atoms with Gasteiger partial charge in [-0.25, -0.2) is 10.1 Å².